The molecule has 27 heavy (non-hydrogen) atoms. The molecule has 0 saturated heterocycles. The van der Waals surface area contributed by atoms with Gasteiger partial charge in [0.05, 0.1) is 7.11 Å². The number of carbonyl (C=O) groups is 1. The van der Waals surface area contributed by atoms with Crippen LogP contribution in [0.3, 0.4) is 0 Å². The highest BCUT2D eigenvalue weighted by Crippen LogP contribution is 2.24. The average Bonchev–Trinajstić information content (AvgIpc) is 2.69. The van der Waals surface area contributed by atoms with Crippen LogP contribution in [0.25, 0.3) is 0 Å². The van der Waals surface area contributed by atoms with Gasteiger partial charge in [-0.05, 0) is 89.3 Å². The summed E-state index contributed by atoms with van der Waals surface area (Å²) in [6.45, 7) is 0.273. The molecule has 1 N–H and O–H groups in total. The zero-order valence-corrected chi connectivity index (χ0v) is 17.5. The summed E-state index contributed by atoms with van der Waals surface area (Å²) in [6.07, 6.45) is 0. The fourth-order valence-corrected chi connectivity index (χ4v) is 2.95. The SMILES string of the molecule is COc1ccc(C(=O)Nc2ccc(I)cc2)cc1COc1ccc(Cl)cc1. The Labute approximate surface area is 176 Å². The number of amides is 1. The highest BCUT2D eigenvalue weighted by molar-refractivity contribution is 14.1. The molecule has 0 bridgehead atoms. The quantitative estimate of drug-likeness (QED) is 0.443. The first-order valence-electron chi connectivity index (χ1n) is 8.17. The van der Waals surface area contributed by atoms with Crippen molar-refractivity contribution < 1.29 is 14.3 Å². The van der Waals surface area contributed by atoms with Crippen molar-refractivity contribution in [2.24, 2.45) is 0 Å². The van der Waals surface area contributed by atoms with Gasteiger partial charge in [-0.3, -0.25) is 4.79 Å². The Bertz CT molecular complexity index is 927. The van der Waals surface area contributed by atoms with Gasteiger partial charge in [-0.25, -0.2) is 0 Å². The Morgan fingerprint density at radius 3 is 2.41 bits per heavy atom. The third kappa shape index (κ3) is 5.37. The van der Waals surface area contributed by atoms with E-state index in [1.54, 1.807) is 49.6 Å². The lowest BCUT2D eigenvalue weighted by molar-refractivity contribution is 0.102. The van der Waals surface area contributed by atoms with Crippen molar-refractivity contribution in [3.8, 4) is 11.5 Å². The molecule has 0 aliphatic heterocycles. The van der Waals surface area contributed by atoms with Crippen LogP contribution in [0.4, 0.5) is 5.69 Å². The van der Waals surface area contributed by atoms with Gasteiger partial charge in [0, 0.05) is 25.4 Å². The van der Waals surface area contributed by atoms with E-state index >= 15 is 0 Å². The van der Waals surface area contributed by atoms with Crippen molar-refractivity contribution in [1.29, 1.82) is 0 Å². The van der Waals surface area contributed by atoms with E-state index in [1.807, 2.05) is 24.3 Å². The first-order chi connectivity index (χ1) is 13.0. The molecule has 0 radical (unpaired) electrons. The monoisotopic (exact) mass is 493 g/mol. The molecule has 0 aromatic heterocycles. The summed E-state index contributed by atoms with van der Waals surface area (Å²) in [6, 6.07) is 20.0. The maximum absolute atomic E-state index is 12.6. The first kappa shape index (κ1) is 19.5. The van der Waals surface area contributed by atoms with Gasteiger partial charge in [-0.1, -0.05) is 11.6 Å². The number of anilines is 1. The van der Waals surface area contributed by atoms with Crippen LogP contribution in [0.2, 0.25) is 5.02 Å². The summed E-state index contributed by atoms with van der Waals surface area (Å²) in [5.41, 5.74) is 2.06. The zero-order valence-electron chi connectivity index (χ0n) is 14.5. The minimum absolute atomic E-state index is 0.188. The molecular weight excluding hydrogens is 477 g/mol. The van der Waals surface area contributed by atoms with Crippen LogP contribution in [0.1, 0.15) is 15.9 Å². The Morgan fingerprint density at radius 1 is 1.04 bits per heavy atom. The van der Waals surface area contributed by atoms with E-state index in [1.165, 1.54) is 0 Å². The van der Waals surface area contributed by atoms with Gasteiger partial charge in [-0.15, -0.1) is 0 Å². The minimum Gasteiger partial charge on any atom is -0.496 e. The first-order valence-corrected chi connectivity index (χ1v) is 9.63. The fraction of sp³-hybridized carbons (Fsp3) is 0.0952. The maximum Gasteiger partial charge on any atom is 0.255 e. The summed E-state index contributed by atoms with van der Waals surface area (Å²) >= 11 is 8.11. The molecule has 4 nitrogen and oxygen atoms in total. The third-order valence-corrected chi connectivity index (χ3v) is 4.82. The predicted molar refractivity (Wildman–Crippen MR) is 116 cm³/mol. The molecule has 1 amide bonds. The average molecular weight is 494 g/mol. The number of rotatable bonds is 6. The van der Waals surface area contributed by atoms with Crippen molar-refractivity contribution >= 4 is 45.8 Å². The van der Waals surface area contributed by atoms with Crippen molar-refractivity contribution in [3.05, 3.63) is 86.4 Å². The van der Waals surface area contributed by atoms with Gasteiger partial charge in [0.15, 0.2) is 0 Å². The molecule has 0 spiro atoms. The number of hydrogen-bond acceptors (Lipinski definition) is 3. The fourth-order valence-electron chi connectivity index (χ4n) is 2.46. The lowest BCUT2D eigenvalue weighted by atomic mass is 10.1. The highest BCUT2D eigenvalue weighted by Gasteiger charge is 2.11. The second-order valence-electron chi connectivity index (χ2n) is 5.73. The standard InChI is InChI=1S/C21H17ClINO3/c1-26-20-11-2-14(21(25)24-18-7-5-17(23)6-8-18)12-15(20)13-27-19-9-3-16(22)4-10-19/h2-12H,13H2,1H3,(H,24,25). The number of carbonyl (C=O) groups excluding carboxylic acids is 1. The van der Waals surface area contributed by atoms with E-state index in [2.05, 4.69) is 27.9 Å². The van der Waals surface area contributed by atoms with Crippen molar-refractivity contribution in [2.75, 3.05) is 12.4 Å². The molecule has 0 fully saturated rings. The van der Waals surface area contributed by atoms with Crippen molar-refractivity contribution in [1.82, 2.24) is 0 Å². The van der Waals surface area contributed by atoms with Crippen LogP contribution >= 0.6 is 34.2 Å². The Balaban J connectivity index is 1.74. The van der Waals surface area contributed by atoms with Gasteiger partial charge < -0.3 is 14.8 Å². The van der Waals surface area contributed by atoms with E-state index in [0.717, 1.165) is 14.8 Å². The molecule has 0 saturated carbocycles. The van der Waals surface area contributed by atoms with Crippen LogP contribution in [0, 0.1) is 3.57 Å². The molecule has 138 valence electrons. The van der Waals surface area contributed by atoms with Crippen LogP contribution in [-0.2, 0) is 6.61 Å². The van der Waals surface area contributed by atoms with E-state index in [0.29, 0.717) is 22.1 Å². The number of halogens is 2. The normalized spacial score (nSPS) is 10.3. The molecule has 3 aromatic carbocycles. The minimum atomic E-state index is -0.188. The molecular formula is C21H17ClINO3. The summed E-state index contributed by atoms with van der Waals surface area (Å²) in [7, 11) is 1.59. The van der Waals surface area contributed by atoms with E-state index in [4.69, 9.17) is 21.1 Å². The second kappa shape index (κ2) is 9.10. The summed E-state index contributed by atoms with van der Waals surface area (Å²) in [4.78, 5) is 12.6. The van der Waals surface area contributed by atoms with E-state index in [-0.39, 0.29) is 12.5 Å². The van der Waals surface area contributed by atoms with Crippen molar-refractivity contribution in [3.63, 3.8) is 0 Å². The van der Waals surface area contributed by atoms with Gasteiger partial charge in [0.25, 0.3) is 5.91 Å². The lowest BCUT2D eigenvalue weighted by Crippen LogP contribution is -2.12. The van der Waals surface area contributed by atoms with Crippen LogP contribution in [0.5, 0.6) is 11.5 Å². The Kier molecular flexibility index (Phi) is 6.58. The number of nitrogens with one attached hydrogen (secondary N) is 1. The van der Waals surface area contributed by atoms with E-state index < -0.39 is 0 Å². The molecule has 0 atom stereocenters. The summed E-state index contributed by atoms with van der Waals surface area (Å²) < 4.78 is 12.3. The summed E-state index contributed by atoms with van der Waals surface area (Å²) in [5.74, 6) is 1.16. The smallest absolute Gasteiger partial charge is 0.255 e. The molecule has 0 aliphatic rings. The molecule has 0 unspecified atom stereocenters. The molecule has 6 heteroatoms. The number of benzene rings is 3. The van der Waals surface area contributed by atoms with Gasteiger partial charge in [-0.2, -0.15) is 0 Å². The second-order valence-corrected chi connectivity index (χ2v) is 7.41. The summed E-state index contributed by atoms with van der Waals surface area (Å²) in [5, 5.41) is 3.54. The Morgan fingerprint density at radius 2 is 1.74 bits per heavy atom. The maximum atomic E-state index is 12.6. The molecule has 0 aliphatic carbocycles. The number of methoxy groups -OCH3 is 1. The Hall–Kier alpha value is -2.25. The van der Waals surface area contributed by atoms with Gasteiger partial charge in [0.2, 0.25) is 0 Å². The topological polar surface area (TPSA) is 47.6 Å². The van der Waals surface area contributed by atoms with Gasteiger partial charge >= 0.3 is 0 Å². The van der Waals surface area contributed by atoms with Crippen LogP contribution in [-0.4, -0.2) is 13.0 Å². The predicted octanol–water partition coefficient (Wildman–Crippen LogP) is 5.78. The number of hydrogen-bond donors (Lipinski definition) is 1. The molecule has 3 aromatic rings. The van der Waals surface area contributed by atoms with Crippen molar-refractivity contribution in [2.45, 2.75) is 6.61 Å². The van der Waals surface area contributed by atoms with Crippen LogP contribution in [0.15, 0.2) is 66.7 Å². The lowest BCUT2D eigenvalue weighted by Gasteiger charge is -2.12. The molecule has 0 heterocycles. The molecule has 3 rings (SSSR count). The third-order valence-electron chi connectivity index (χ3n) is 3.85. The van der Waals surface area contributed by atoms with E-state index in [9.17, 15) is 4.79 Å². The number of ether oxygens (including phenoxy) is 2. The zero-order chi connectivity index (χ0) is 19.2. The largest absolute Gasteiger partial charge is 0.496 e. The van der Waals surface area contributed by atoms with Crippen LogP contribution < -0.4 is 14.8 Å². The highest BCUT2D eigenvalue weighted by atomic mass is 127. The van der Waals surface area contributed by atoms with Gasteiger partial charge in [0.1, 0.15) is 18.1 Å².